The molecular formula is C14H20N2O2. The largest absolute Gasteiger partial charge is 0.497 e. The zero-order chi connectivity index (χ0) is 13.5. The number of carbonyl (C=O) groups is 1. The SMILES string of the molecule is C=CCCC(N)=NC(=O)C1=CC(OC)=CC(C)C1. The van der Waals surface area contributed by atoms with E-state index >= 15 is 0 Å². The van der Waals surface area contributed by atoms with Gasteiger partial charge in [0.05, 0.1) is 7.11 Å². The molecular weight excluding hydrogens is 228 g/mol. The Balaban J connectivity index is 2.75. The Morgan fingerprint density at radius 1 is 1.72 bits per heavy atom. The van der Waals surface area contributed by atoms with Gasteiger partial charge in [-0.3, -0.25) is 4.79 Å². The summed E-state index contributed by atoms with van der Waals surface area (Å²) >= 11 is 0. The molecule has 1 amide bonds. The van der Waals surface area contributed by atoms with Crippen LogP contribution in [0.4, 0.5) is 0 Å². The molecule has 0 fully saturated rings. The lowest BCUT2D eigenvalue weighted by Gasteiger charge is -2.15. The maximum absolute atomic E-state index is 11.9. The van der Waals surface area contributed by atoms with Gasteiger partial charge in [-0.05, 0) is 30.9 Å². The third-order valence-electron chi connectivity index (χ3n) is 2.67. The molecule has 4 nitrogen and oxygen atoms in total. The highest BCUT2D eigenvalue weighted by Gasteiger charge is 2.17. The van der Waals surface area contributed by atoms with E-state index in [0.717, 1.165) is 6.42 Å². The fourth-order valence-corrected chi connectivity index (χ4v) is 1.75. The third kappa shape index (κ3) is 4.20. The van der Waals surface area contributed by atoms with E-state index in [2.05, 4.69) is 11.6 Å². The van der Waals surface area contributed by atoms with Crippen LogP contribution < -0.4 is 5.73 Å². The number of rotatable bonds is 5. The van der Waals surface area contributed by atoms with E-state index in [1.54, 1.807) is 19.3 Å². The van der Waals surface area contributed by atoms with Gasteiger partial charge in [0.15, 0.2) is 0 Å². The topological polar surface area (TPSA) is 64.7 Å². The van der Waals surface area contributed by atoms with Gasteiger partial charge in [0, 0.05) is 12.0 Å². The number of hydrogen-bond acceptors (Lipinski definition) is 2. The van der Waals surface area contributed by atoms with Crippen molar-refractivity contribution in [1.29, 1.82) is 0 Å². The van der Waals surface area contributed by atoms with E-state index in [-0.39, 0.29) is 11.8 Å². The van der Waals surface area contributed by atoms with Crippen LogP contribution in [0.3, 0.4) is 0 Å². The van der Waals surface area contributed by atoms with Crippen molar-refractivity contribution in [3.8, 4) is 0 Å². The maximum Gasteiger partial charge on any atom is 0.274 e. The van der Waals surface area contributed by atoms with Crippen molar-refractivity contribution in [2.75, 3.05) is 7.11 Å². The average molecular weight is 248 g/mol. The summed E-state index contributed by atoms with van der Waals surface area (Å²) in [6.07, 6.45) is 7.42. The number of amides is 1. The molecule has 18 heavy (non-hydrogen) atoms. The molecule has 1 unspecified atom stereocenters. The zero-order valence-electron chi connectivity index (χ0n) is 11.0. The van der Waals surface area contributed by atoms with Crippen LogP contribution in [-0.2, 0) is 9.53 Å². The van der Waals surface area contributed by atoms with Crippen LogP contribution in [0.1, 0.15) is 26.2 Å². The number of amidine groups is 1. The number of methoxy groups -OCH3 is 1. The average Bonchev–Trinajstić information content (AvgIpc) is 2.35. The number of aliphatic imine (C=N–C) groups is 1. The van der Waals surface area contributed by atoms with Gasteiger partial charge in [0.25, 0.3) is 5.91 Å². The molecule has 0 saturated carbocycles. The van der Waals surface area contributed by atoms with Crippen molar-refractivity contribution in [2.24, 2.45) is 16.6 Å². The monoisotopic (exact) mass is 248 g/mol. The second kappa shape index (κ2) is 6.79. The first-order valence-electron chi connectivity index (χ1n) is 6.01. The number of carbonyl (C=O) groups excluding carboxylic acids is 1. The van der Waals surface area contributed by atoms with Crippen LogP contribution in [0.5, 0.6) is 0 Å². The Hall–Kier alpha value is -1.84. The molecule has 0 heterocycles. The molecule has 0 saturated heterocycles. The molecule has 0 spiro atoms. The Kier molecular flexibility index (Phi) is 5.36. The molecule has 4 heteroatoms. The number of nitrogens with two attached hydrogens (primary N) is 1. The summed E-state index contributed by atoms with van der Waals surface area (Å²) < 4.78 is 5.15. The van der Waals surface area contributed by atoms with E-state index in [1.165, 1.54) is 0 Å². The second-order valence-electron chi connectivity index (χ2n) is 4.36. The third-order valence-corrected chi connectivity index (χ3v) is 2.67. The fourth-order valence-electron chi connectivity index (χ4n) is 1.75. The van der Waals surface area contributed by atoms with E-state index in [0.29, 0.717) is 30.0 Å². The Morgan fingerprint density at radius 3 is 3.06 bits per heavy atom. The fraction of sp³-hybridized carbons (Fsp3) is 0.429. The van der Waals surface area contributed by atoms with E-state index < -0.39 is 0 Å². The normalized spacial score (nSPS) is 19.9. The van der Waals surface area contributed by atoms with Gasteiger partial charge in [-0.15, -0.1) is 6.58 Å². The lowest BCUT2D eigenvalue weighted by molar-refractivity contribution is -0.114. The van der Waals surface area contributed by atoms with Crippen molar-refractivity contribution in [3.05, 3.63) is 36.1 Å². The summed E-state index contributed by atoms with van der Waals surface area (Å²) in [5, 5.41) is 0. The van der Waals surface area contributed by atoms with Gasteiger partial charge in [0.2, 0.25) is 0 Å². The van der Waals surface area contributed by atoms with Crippen molar-refractivity contribution in [2.45, 2.75) is 26.2 Å². The molecule has 1 aliphatic carbocycles. The molecule has 2 N–H and O–H groups in total. The molecule has 0 bridgehead atoms. The maximum atomic E-state index is 11.9. The van der Waals surface area contributed by atoms with Crippen LogP contribution in [0.25, 0.3) is 0 Å². The molecule has 98 valence electrons. The van der Waals surface area contributed by atoms with Crippen molar-refractivity contribution in [1.82, 2.24) is 0 Å². The van der Waals surface area contributed by atoms with Crippen LogP contribution in [-0.4, -0.2) is 18.9 Å². The number of nitrogens with zero attached hydrogens (tertiary/aromatic N) is 1. The first-order chi connectivity index (χ1) is 8.56. The number of hydrogen-bond donors (Lipinski definition) is 1. The Bertz CT molecular complexity index is 420. The highest BCUT2D eigenvalue weighted by atomic mass is 16.5. The summed E-state index contributed by atoms with van der Waals surface area (Å²) in [4.78, 5) is 15.8. The first-order valence-corrected chi connectivity index (χ1v) is 6.01. The lowest BCUT2D eigenvalue weighted by Crippen LogP contribution is -2.16. The molecule has 0 aromatic heterocycles. The minimum absolute atomic E-state index is 0.272. The molecule has 0 aromatic rings. The standard InChI is InChI=1S/C14H20N2O2/c1-4-5-6-13(15)16-14(17)11-7-10(2)8-12(9-11)18-3/h4,8-10H,1,5-7H2,2-3H3,(H2,15,16,17). The summed E-state index contributed by atoms with van der Waals surface area (Å²) in [6, 6.07) is 0. The summed E-state index contributed by atoms with van der Waals surface area (Å²) in [5.74, 6) is 1.05. The number of allylic oxidation sites excluding steroid dienone is 3. The quantitative estimate of drug-likeness (QED) is 0.461. The molecule has 1 rings (SSSR count). The van der Waals surface area contributed by atoms with Gasteiger partial charge in [0.1, 0.15) is 11.6 Å². The van der Waals surface area contributed by atoms with Crippen LogP contribution >= 0.6 is 0 Å². The van der Waals surface area contributed by atoms with E-state index in [1.807, 2.05) is 13.0 Å². The minimum Gasteiger partial charge on any atom is -0.497 e. The highest BCUT2D eigenvalue weighted by Crippen LogP contribution is 2.23. The zero-order valence-corrected chi connectivity index (χ0v) is 11.0. The summed E-state index contributed by atoms with van der Waals surface area (Å²) in [7, 11) is 1.59. The first kappa shape index (κ1) is 14.2. The van der Waals surface area contributed by atoms with Crippen molar-refractivity contribution in [3.63, 3.8) is 0 Å². The van der Waals surface area contributed by atoms with Gasteiger partial charge < -0.3 is 10.5 Å². The smallest absolute Gasteiger partial charge is 0.274 e. The highest BCUT2D eigenvalue weighted by molar-refractivity contribution is 6.02. The summed E-state index contributed by atoms with van der Waals surface area (Å²) in [5.41, 5.74) is 6.32. The van der Waals surface area contributed by atoms with Gasteiger partial charge in [-0.25, -0.2) is 0 Å². The van der Waals surface area contributed by atoms with Crippen molar-refractivity contribution >= 4 is 11.7 Å². The predicted molar refractivity (Wildman–Crippen MR) is 73.0 cm³/mol. The minimum atomic E-state index is -0.272. The molecule has 0 aromatic carbocycles. The van der Waals surface area contributed by atoms with Crippen molar-refractivity contribution < 1.29 is 9.53 Å². The summed E-state index contributed by atoms with van der Waals surface area (Å²) in [6.45, 7) is 5.63. The predicted octanol–water partition coefficient (Wildman–Crippen LogP) is 2.33. The van der Waals surface area contributed by atoms with Crippen LogP contribution in [0.15, 0.2) is 41.1 Å². The molecule has 1 atom stereocenters. The lowest BCUT2D eigenvalue weighted by atomic mass is 9.94. The van der Waals surface area contributed by atoms with Gasteiger partial charge in [-0.1, -0.05) is 13.0 Å². The van der Waals surface area contributed by atoms with Gasteiger partial charge in [-0.2, -0.15) is 4.99 Å². The van der Waals surface area contributed by atoms with E-state index in [9.17, 15) is 4.79 Å². The van der Waals surface area contributed by atoms with Crippen LogP contribution in [0, 0.1) is 5.92 Å². The Labute approximate surface area is 108 Å². The molecule has 0 radical (unpaired) electrons. The molecule has 1 aliphatic rings. The second-order valence-corrected chi connectivity index (χ2v) is 4.36. The number of ether oxygens (including phenoxy) is 1. The van der Waals surface area contributed by atoms with E-state index in [4.69, 9.17) is 10.5 Å². The Morgan fingerprint density at radius 2 is 2.44 bits per heavy atom. The van der Waals surface area contributed by atoms with Crippen LogP contribution in [0.2, 0.25) is 0 Å². The molecule has 0 aliphatic heterocycles. The van der Waals surface area contributed by atoms with Gasteiger partial charge >= 0.3 is 0 Å².